The van der Waals surface area contributed by atoms with Crippen molar-refractivity contribution in [1.82, 2.24) is 9.78 Å². The second-order valence-corrected chi connectivity index (χ2v) is 4.29. The maximum atomic E-state index is 9.16. The van der Waals surface area contributed by atoms with Crippen LogP contribution in [-0.4, -0.2) is 14.9 Å². The Morgan fingerprint density at radius 1 is 1.25 bits per heavy atom. The molecule has 0 fully saturated rings. The Labute approximate surface area is 95.3 Å². The van der Waals surface area contributed by atoms with Gasteiger partial charge < -0.3 is 5.11 Å². The van der Waals surface area contributed by atoms with Crippen molar-refractivity contribution in [3.63, 3.8) is 0 Å². The first kappa shape index (κ1) is 10.7. The van der Waals surface area contributed by atoms with Gasteiger partial charge in [0, 0.05) is 0 Å². The van der Waals surface area contributed by atoms with Gasteiger partial charge in [-0.1, -0.05) is 38.1 Å². The minimum atomic E-state index is 0.207. The summed E-state index contributed by atoms with van der Waals surface area (Å²) in [5, 5.41) is 13.2. The van der Waals surface area contributed by atoms with Crippen LogP contribution in [0.4, 0.5) is 0 Å². The number of hydrogen-bond acceptors (Lipinski definition) is 2. The van der Waals surface area contributed by atoms with Crippen molar-refractivity contribution in [2.24, 2.45) is 0 Å². The van der Waals surface area contributed by atoms with Gasteiger partial charge in [0.25, 0.3) is 0 Å². The fourth-order valence-corrected chi connectivity index (χ4v) is 1.63. The minimum absolute atomic E-state index is 0.207. The first-order chi connectivity index (χ1) is 7.65. The number of benzene rings is 1. The molecule has 0 saturated carbocycles. The molecule has 2 aromatic rings. The molecule has 2 rings (SSSR count). The molecule has 0 aliphatic rings. The van der Waals surface area contributed by atoms with Gasteiger partial charge in [-0.3, -0.25) is 4.68 Å². The first-order valence-corrected chi connectivity index (χ1v) is 5.45. The van der Waals surface area contributed by atoms with Crippen molar-refractivity contribution in [3.05, 3.63) is 47.8 Å². The lowest BCUT2D eigenvalue weighted by Crippen LogP contribution is -1.99. The van der Waals surface area contributed by atoms with Gasteiger partial charge in [0.2, 0.25) is 0 Å². The van der Waals surface area contributed by atoms with Crippen LogP contribution >= 0.6 is 0 Å². The summed E-state index contributed by atoms with van der Waals surface area (Å²) in [5.41, 5.74) is 2.53. The molecule has 0 amide bonds. The molecule has 1 aromatic heterocycles. The van der Waals surface area contributed by atoms with E-state index in [0.717, 1.165) is 0 Å². The second kappa shape index (κ2) is 4.39. The van der Waals surface area contributed by atoms with Crippen molar-refractivity contribution < 1.29 is 5.11 Å². The van der Waals surface area contributed by atoms with E-state index in [2.05, 4.69) is 43.2 Å². The molecule has 0 aliphatic carbocycles. The highest BCUT2D eigenvalue weighted by Gasteiger charge is 2.00. The zero-order valence-corrected chi connectivity index (χ0v) is 9.59. The van der Waals surface area contributed by atoms with Crippen LogP contribution in [0.25, 0.3) is 0 Å². The maximum absolute atomic E-state index is 9.16. The number of aromatic hydroxyl groups is 1. The molecule has 1 heterocycles. The van der Waals surface area contributed by atoms with Crippen LogP contribution in [0.1, 0.15) is 30.9 Å². The number of aromatic nitrogens is 2. The molecule has 84 valence electrons. The van der Waals surface area contributed by atoms with Gasteiger partial charge in [-0.2, -0.15) is 5.10 Å². The Hall–Kier alpha value is -1.77. The Morgan fingerprint density at radius 2 is 1.94 bits per heavy atom. The molecule has 0 bridgehead atoms. The molecule has 1 N–H and O–H groups in total. The third kappa shape index (κ3) is 2.42. The monoisotopic (exact) mass is 216 g/mol. The van der Waals surface area contributed by atoms with Crippen molar-refractivity contribution in [1.29, 1.82) is 0 Å². The quantitative estimate of drug-likeness (QED) is 0.856. The van der Waals surface area contributed by atoms with E-state index < -0.39 is 0 Å². The van der Waals surface area contributed by atoms with Crippen molar-refractivity contribution in [2.45, 2.75) is 26.3 Å². The minimum Gasteiger partial charge on any atom is -0.505 e. The van der Waals surface area contributed by atoms with Gasteiger partial charge in [0.05, 0.1) is 18.9 Å². The van der Waals surface area contributed by atoms with Gasteiger partial charge in [-0.05, 0) is 17.0 Å². The van der Waals surface area contributed by atoms with E-state index in [1.54, 1.807) is 10.9 Å². The summed E-state index contributed by atoms with van der Waals surface area (Å²) in [6.07, 6.45) is 3.07. The summed E-state index contributed by atoms with van der Waals surface area (Å²) in [7, 11) is 0. The topological polar surface area (TPSA) is 38.0 Å². The molecule has 3 heteroatoms. The van der Waals surface area contributed by atoms with E-state index in [1.807, 2.05) is 0 Å². The standard InChI is InChI=1S/C13H16N2O/c1-10(2)12-5-3-11(4-6-12)8-15-9-13(16)7-14-15/h3-7,9-10,16H,8H2,1-2H3. The van der Waals surface area contributed by atoms with Crippen LogP contribution in [0, 0.1) is 0 Å². The zero-order chi connectivity index (χ0) is 11.5. The fraction of sp³-hybridized carbons (Fsp3) is 0.308. The molecular weight excluding hydrogens is 200 g/mol. The molecule has 0 atom stereocenters. The lowest BCUT2D eigenvalue weighted by molar-refractivity contribution is 0.474. The van der Waals surface area contributed by atoms with Gasteiger partial charge in [0.15, 0.2) is 5.75 Å². The van der Waals surface area contributed by atoms with Crippen LogP contribution in [0.15, 0.2) is 36.7 Å². The third-order valence-electron chi connectivity index (χ3n) is 2.61. The normalized spacial score (nSPS) is 10.9. The average Bonchev–Trinajstić information content (AvgIpc) is 2.65. The Morgan fingerprint density at radius 3 is 2.44 bits per heavy atom. The van der Waals surface area contributed by atoms with Crippen LogP contribution < -0.4 is 0 Å². The number of rotatable bonds is 3. The number of hydrogen-bond donors (Lipinski definition) is 1. The van der Waals surface area contributed by atoms with Crippen LogP contribution in [0.2, 0.25) is 0 Å². The molecule has 0 spiro atoms. The summed E-state index contributed by atoms with van der Waals surface area (Å²) in [4.78, 5) is 0. The van der Waals surface area contributed by atoms with Crippen molar-refractivity contribution in [2.75, 3.05) is 0 Å². The van der Waals surface area contributed by atoms with Crippen molar-refractivity contribution >= 4 is 0 Å². The lowest BCUT2D eigenvalue weighted by Gasteiger charge is -2.06. The van der Waals surface area contributed by atoms with Crippen LogP contribution in [0.5, 0.6) is 5.75 Å². The molecule has 16 heavy (non-hydrogen) atoms. The Bertz CT molecular complexity index is 457. The van der Waals surface area contributed by atoms with Gasteiger partial charge in [0.1, 0.15) is 0 Å². The Kier molecular flexibility index (Phi) is 2.95. The number of nitrogens with zero attached hydrogens (tertiary/aromatic N) is 2. The van der Waals surface area contributed by atoms with Gasteiger partial charge in [-0.15, -0.1) is 0 Å². The average molecular weight is 216 g/mol. The smallest absolute Gasteiger partial charge is 0.153 e. The second-order valence-electron chi connectivity index (χ2n) is 4.29. The summed E-state index contributed by atoms with van der Waals surface area (Å²) in [5.74, 6) is 0.765. The molecule has 3 nitrogen and oxygen atoms in total. The van der Waals surface area contributed by atoms with Crippen LogP contribution in [0.3, 0.4) is 0 Å². The largest absolute Gasteiger partial charge is 0.505 e. The van der Waals surface area contributed by atoms with E-state index in [1.165, 1.54) is 17.3 Å². The molecule has 0 saturated heterocycles. The predicted molar refractivity (Wildman–Crippen MR) is 63.5 cm³/mol. The lowest BCUT2D eigenvalue weighted by atomic mass is 10.0. The molecule has 0 radical (unpaired) electrons. The maximum Gasteiger partial charge on any atom is 0.153 e. The highest BCUT2D eigenvalue weighted by molar-refractivity contribution is 5.25. The van der Waals surface area contributed by atoms with E-state index in [-0.39, 0.29) is 5.75 Å². The summed E-state index contributed by atoms with van der Waals surface area (Å²) >= 11 is 0. The molecular formula is C13H16N2O. The summed E-state index contributed by atoms with van der Waals surface area (Å²) in [6, 6.07) is 8.49. The van der Waals surface area contributed by atoms with E-state index in [4.69, 9.17) is 5.11 Å². The highest BCUT2D eigenvalue weighted by atomic mass is 16.3. The summed E-state index contributed by atoms with van der Waals surface area (Å²) in [6.45, 7) is 5.06. The third-order valence-corrected chi connectivity index (χ3v) is 2.61. The Balaban J connectivity index is 2.11. The van der Waals surface area contributed by atoms with E-state index in [9.17, 15) is 0 Å². The van der Waals surface area contributed by atoms with Gasteiger partial charge >= 0.3 is 0 Å². The van der Waals surface area contributed by atoms with E-state index >= 15 is 0 Å². The van der Waals surface area contributed by atoms with Gasteiger partial charge in [-0.25, -0.2) is 0 Å². The van der Waals surface area contributed by atoms with E-state index in [0.29, 0.717) is 12.5 Å². The molecule has 1 aromatic carbocycles. The van der Waals surface area contributed by atoms with Crippen LogP contribution in [-0.2, 0) is 6.54 Å². The first-order valence-electron chi connectivity index (χ1n) is 5.45. The fourth-order valence-electron chi connectivity index (χ4n) is 1.63. The summed E-state index contributed by atoms with van der Waals surface area (Å²) < 4.78 is 1.72. The molecule has 0 unspecified atom stereocenters. The molecule has 0 aliphatic heterocycles. The predicted octanol–water partition coefficient (Wildman–Crippen LogP) is 2.76. The zero-order valence-electron chi connectivity index (χ0n) is 9.59. The highest BCUT2D eigenvalue weighted by Crippen LogP contribution is 2.15. The SMILES string of the molecule is CC(C)c1ccc(Cn2cc(O)cn2)cc1. The van der Waals surface area contributed by atoms with Crippen molar-refractivity contribution in [3.8, 4) is 5.75 Å².